The number of hydrogen-bond donors (Lipinski definition) is 2. The number of anilines is 1. The highest BCUT2D eigenvalue weighted by molar-refractivity contribution is 9.10. The number of rotatable bonds is 9. The predicted molar refractivity (Wildman–Crippen MR) is 125 cm³/mol. The number of methoxy groups -OCH3 is 2. The highest BCUT2D eigenvalue weighted by Crippen LogP contribution is 2.45. The first-order chi connectivity index (χ1) is 15.2. The van der Waals surface area contributed by atoms with E-state index in [0.29, 0.717) is 32.6 Å². The fourth-order valence-corrected chi connectivity index (χ4v) is 4.24. The number of alkyl halides is 3. The first-order valence-electron chi connectivity index (χ1n) is 10.3. The molecule has 0 aliphatic carbocycles. The maximum atomic E-state index is 14.0. The average Bonchev–Trinajstić information content (AvgIpc) is 2.73. The molecule has 2 N–H and O–H groups in total. The van der Waals surface area contributed by atoms with Crippen LogP contribution in [-0.4, -0.2) is 43.6 Å². The number of halogens is 4. The van der Waals surface area contributed by atoms with E-state index in [1.807, 2.05) is 0 Å². The Balaban J connectivity index is 2.22. The van der Waals surface area contributed by atoms with Gasteiger partial charge in [0.05, 0.1) is 19.8 Å². The Morgan fingerprint density at radius 3 is 2.33 bits per heavy atom. The summed E-state index contributed by atoms with van der Waals surface area (Å²) in [4.78, 5) is 11.6. The molecule has 0 spiro atoms. The molecule has 0 aliphatic rings. The Hall–Kier alpha value is -2.26. The van der Waals surface area contributed by atoms with Gasteiger partial charge < -0.3 is 19.9 Å². The van der Waals surface area contributed by atoms with Gasteiger partial charge in [-0.25, -0.2) is 4.79 Å². The summed E-state index contributed by atoms with van der Waals surface area (Å²) >= 11 is 3.35. The number of ether oxygens (including phenoxy) is 2. The van der Waals surface area contributed by atoms with E-state index < -0.39 is 36.0 Å². The minimum Gasteiger partial charge on any atom is -0.496 e. The van der Waals surface area contributed by atoms with Gasteiger partial charge in [-0.3, -0.25) is 0 Å². The lowest BCUT2D eigenvalue weighted by atomic mass is 9.73. The normalized spacial score (nSPS) is 13.9. The molecule has 0 radical (unpaired) electrons. The number of carbonyl (C=O) groups excluding carboxylic acids is 1. The summed E-state index contributed by atoms with van der Waals surface area (Å²) in [6.45, 7) is 4.90. The van der Waals surface area contributed by atoms with Crippen molar-refractivity contribution in [3.05, 3.63) is 57.6 Å². The molecule has 0 heterocycles. The zero-order valence-electron chi connectivity index (χ0n) is 19.3. The molecule has 33 heavy (non-hydrogen) atoms. The van der Waals surface area contributed by atoms with E-state index in [4.69, 9.17) is 4.74 Å². The highest BCUT2D eigenvalue weighted by atomic mass is 79.9. The smallest absolute Gasteiger partial charge is 0.417 e. The summed E-state index contributed by atoms with van der Waals surface area (Å²) in [5, 5.41) is 13.7. The topological polar surface area (TPSA) is 67.8 Å². The molecule has 0 fully saturated rings. The van der Waals surface area contributed by atoms with Crippen molar-refractivity contribution < 1.29 is 32.5 Å². The Morgan fingerprint density at radius 1 is 1.12 bits per heavy atom. The van der Waals surface area contributed by atoms with Crippen molar-refractivity contribution in [3.63, 3.8) is 0 Å². The van der Waals surface area contributed by atoms with Crippen molar-refractivity contribution >= 4 is 27.6 Å². The summed E-state index contributed by atoms with van der Waals surface area (Å²) in [5.74, 6) is -0.0477. The minimum absolute atomic E-state index is 0.125. The third-order valence-electron chi connectivity index (χ3n) is 5.65. The van der Waals surface area contributed by atoms with E-state index in [0.717, 1.165) is 0 Å². The molecule has 2 aromatic carbocycles. The van der Waals surface area contributed by atoms with Crippen LogP contribution in [-0.2, 0) is 10.2 Å². The fraction of sp³-hybridized carbons (Fsp3) is 0.458. The van der Waals surface area contributed by atoms with Gasteiger partial charge in [0.15, 0.2) is 5.60 Å². The molecule has 0 bridgehead atoms. The third kappa shape index (κ3) is 6.41. The van der Waals surface area contributed by atoms with Crippen LogP contribution < -0.4 is 10.1 Å². The van der Waals surface area contributed by atoms with Gasteiger partial charge in [0.1, 0.15) is 5.75 Å². The zero-order chi connectivity index (χ0) is 25.0. The lowest BCUT2D eigenvalue weighted by molar-refractivity contribution is -0.268. The lowest BCUT2D eigenvalue weighted by Crippen LogP contribution is -2.50. The van der Waals surface area contributed by atoms with Crippen molar-refractivity contribution in [2.24, 2.45) is 0 Å². The van der Waals surface area contributed by atoms with Gasteiger partial charge in [-0.2, -0.15) is 13.2 Å². The molecule has 5 nitrogen and oxygen atoms in total. The lowest BCUT2D eigenvalue weighted by Gasteiger charge is -2.38. The van der Waals surface area contributed by atoms with E-state index in [1.165, 1.54) is 20.3 Å². The van der Waals surface area contributed by atoms with Gasteiger partial charge >= 0.3 is 12.1 Å². The average molecular weight is 532 g/mol. The van der Waals surface area contributed by atoms with Crippen molar-refractivity contribution in [3.8, 4) is 5.75 Å². The molecule has 1 atom stereocenters. The molecule has 0 aromatic heterocycles. The number of benzene rings is 2. The van der Waals surface area contributed by atoms with Crippen LogP contribution in [0.2, 0.25) is 0 Å². The molecular weight excluding hydrogens is 503 g/mol. The molecule has 0 amide bonds. The van der Waals surface area contributed by atoms with Crippen LogP contribution in [0.1, 0.15) is 48.2 Å². The van der Waals surface area contributed by atoms with Gasteiger partial charge in [0.2, 0.25) is 0 Å². The van der Waals surface area contributed by atoms with Gasteiger partial charge in [0, 0.05) is 28.7 Å². The van der Waals surface area contributed by atoms with Gasteiger partial charge in [-0.05, 0) is 60.7 Å². The van der Waals surface area contributed by atoms with Crippen molar-refractivity contribution in [1.82, 2.24) is 0 Å². The number of nitrogens with one attached hydrogen (secondary N) is 1. The van der Waals surface area contributed by atoms with Gasteiger partial charge in [-0.15, -0.1) is 0 Å². The largest absolute Gasteiger partial charge is 0.496 e. The first kappa shape index (κ1) is 27.0. The second-order valence-electron chi connectivity index (χ2n) is 8.63. The minimum atomic E-state index is -4.84. The Bertz CT molecular complexity index is 994. The summed E-state index contributed by atoms with van der Waals surface area (Å²) in [7, 11) is 2.73. The molecule has 0 aliphatic heterocycles. The van der Waals surface area contributed by atoms with E-state index in [1.54, 1.807) is 51.1 Å². The number of esters is 1. The summed E-state index contributed by atoms with van der Waals surface area (Å²) < 4.78 is 52.8. The second-order valence-corrected chi connectivity index (χ2v) is 9.55. The maximum absolute atomic E-state index is 14.0. The van der Waals surface area contributed by atoms with Crippen molar-refractivity contribution in [2.75, 3.05) is 26.1 Å². The Labute approximate surface area is 200 Å². The van der Waals surface area contributed by atoms with Crippen LogP contribution in [0.25, 0.3) is 0 Å². The monoisotopic (exact) mass is 531 g/mol. The van der Waals surface area contributed by atoms with Crippen LogP contribution in [0.15, 0.2) is 40.9 Å². The zero-order valence-corrected chi connectivity index (χ0v) is 20.9. The molecule has 9 heteroatoms. The van der Waals surface area contributed by atoms with E-state index in [-0.39, 0.29) is 6.54 Å². The third-order valence-corrected chi connectivity index (χ3v) is 6.15. The SMILES string of the molecule is COC(=O)c1ccc(NCCC(O)(CC(C)(C)c2cc(Br)ccc2OC)C(F)(F)F)c(C)c1. The fourth-order valence-electron chi connectivity index (χ4n) is 3.88. The van der Waals surface area contributed by atoms with Crippen LogP contribution >= 0.6 is 15.9 Å². The molecule has 0 saturated heterocycles. The molecule has 0 saturated carbocycles. The number of aliphatic hydroxyl groups is 1. The molecule has 2 rings (SSSR count). The van der Waals surface area contributed by atoms with E-state index in [9.17, 15) is 23.1 Å². The van der Waals surface area contributed by atoms with Crippen LogP contribution in [0, 0.1) is 6.92 Å². The maximum Gasteiger partial charge on any atom is 0.417 e. The quantitative estimate of drug-likeness (QED) is 0.387. The van der Waals surface area contributed by atoms with E-state index >= 15 is 0 Å². The molecular formula is C24H29BrF3NO4. The molecule has 182 valence electrons. The Kier molecular flexibility index (Phi) is 8.46. The summed E-state index contributed by atoms with van der Waals surface area (Å²) in [5.41, 5.74) is -1.83. The van der Waals surface area contributed by atoms with Crippen LogP contribution in [0.3, 0.4) is 0 Å². The second kappa shape index (κ2) is 10.3. The van der Waals surface area contributed by atoms with E-state index in [2.05, 4.69) is 26.0 Å². The number of hydrogen-bond acceptors (Lipinski definition) is 5. The number of aryl methyl sites for hydroxylation is 1. The first-order valence-corrected chi connectivity index (χ1v) is 11.1. The number of carbonyl (C=O) groups is 1. The van der Waals surface area contributed by atoms with Crippen LogP contribution in [0.4, 0.5) is 18.9 Å². The summed E-state index contributed by atoms with van der Waals surface area (Å²) in [6, 6.07) is 9.85. The predicted octanol–water partition coefficient (Wildman–Crippen LogP) is 6.02. The molecule has 2 aromatic rings. The summed E-state index contributed by atoms with van der Waals surface area (Å²) in [6.07, 6.45) is -5.96. The Morgan fingerprint density at radius 2 is 1.79 bits per heavy atom. The standard InChI is InChI=1S/C24H29BrF3NO4/c1-15-12-16(21(30)33-5)6-8-19(15)29-11-10-23(31,24(26,27)28)14-22(2,3)18-13-17(25)7-9-20(18)32-4/h6-9,12-13,29,31H,10-11,14H2,1-5H3. The van der Waals surface area contributed by atoms with Gasteiger partial charge in [0.25, 0.3) is 0 Å². The highest BCUT2D eigenvalue weighted by Gasteiger charge is 2.55. The van der Waals surface area contributed by atoms with Crippen molar-refractivity contribution in [2.45, 2.75) is 50.8 Å². The van der Waals surface area contributed by atoms with Crippen molar-refractivity contribution in [1.29, 1.82) is 0 Å². The van der Waals surface area contributed by atoms with Crippen LogP contribution in [0.5, 0.6) is 5.75 Å². The molecule has 1 unspecified atom stereocenters. The van der Waals surface area contributed by atoms with Gasteiger partial charge in [-0.1, -0.05) is 29.8 Å².